The number of aryl methyl sites for hydroxylation is 1. The van der Waals surface area contributed by atoms with E-state index in [4.69, 9.17) is 4.74 Å². The van der Waals surface area contributed by atoms with Crippen LogP contribution in [0.2, 0.25) is 0 Å². The predicted molar refractivity (Wildman–Crippen MR) is 93.3 cm³/mol. The SMILES string of the molecule is COc1ccccc1N1C[C@H](C(=O)Nc2ccc(C)cc2)CC1=O. The van der Waals surface area contributed by atoms with Gasteiger partial charge in [0.05, 0.1) is 18.7 Å². The van der Waals surface area contributed by atoms with Crippen molar-refractivity contribution >= 4 is 23.2 Å². The molecule has 2 aromatic carbocycles. The molecule has 2 amide bonds. The van der Waals surface area contributed by atoms with Crippen LogP contribution in [0.3, 0.4) is 0 Å². The molecule has 3 rings (SSSR count). The van der Waals surface area contributed by atoms with E-state index in [-0.39, 0.29) is 24.2 Å². The van der Waals surface area contributed by atoms with Crippen LogP contribution >= 0.6 is 0 Å². The zero-order valence-corrected chi connectivity index (χ0v) is 13.8. The first-order valence-corrected chi connectivity index (χ1v) is 7.89. The van der Waals surface area contributed by atoms with Gasteiger partial charge in [-0.3, -0.25) is 9.59 Å². The maximum Gasteiger partial charge on any atom is 0.229 e. The number of ether oxygens (including phenoxy) is 1. The number of carbonyl (C=O) groups excluding carboxylic acids is 2. The Morgan fingerprint density at radius 1 is 1.17 bits per heavy atom. The summed E-state index contributed by atoms with van der Waals surface area (Å²) in [6.07, 6.45) is 0.204. The monoisotopic (exact) mass is 324 g/mol. The highest BCUT2D eigenvalue weighted by Crippen LogP contribution is 2.33. The van der Waals surface area contributed by atoms with Crippen molar-refractivity contribution < 1.29 is 14.3 Å². The fraction of sp³-hybridized carbons (Fsp3) is 0.263. The van der Waals surface area contributed by atoms with Crippen molar-refractivity contribution in [2.24, 2.45) is 5.92 Å². The number of benzene rings is 2. The maximum absolute atomic E-state index is 12.5. The predicted octanol–water partition coefficient (Wildman–Crippen LogP) is 3.00. The normalized spacial score (nSPS) is 17.0. The van der Waals surface area contributed by atoms with Gasteiger partial charge >= 0.3 is 0 Å². The Bertz CT molecular complexity index is 755. The first-order valence-electron chi connectivity index (χ1n) is 7.89. The summed E-state index contributed by atoms with van der Waals surface area (Å²) in [6, 6.07) is 15.0. The van der Waals surface area contributed by atoms with Crippen LogP contribution in [0.4, 0.5) is 11.4 Å². The standard InChI is InChI=1S/C19H20N2O3/c1-13-7-9-15(10-8-13)20-19(23)14-11-18(22)21(12-14)16-5-3-4-6-17(16)24-2/h3-10,14H,11-12H2,1-2H3,(H,20,23)/t14-/m1/s1. The van der Waals surface area contributed by atoms with E-state index in [2.05, 4.69) is 5.32 Å². The summed E-state index contributed by atoms with van der Waals surface area (Å²) in [7, 11) is 1.57. The zero-order chi connectivity index (χ0) is 17.1. The van der Waals surface area contributed by atoms with Crippen LogP contribution in [0.5, 0.6) is 5.75 Å². The Morgan fingerprint density at radius 3 is 2.58 bits per heavy atom. The lowest BCUT2D eigenvalue weighted by molar-refractivity contribution is -0.122. The minimum absolute atomic E-state index is 0.0662. The highest BCUT2D eigenvalue weighted by molar-refractivity contribution is 6.04. The lowest BCUT2D eigenvalue weighted by Gasteiger charge is -2.19. The number of para-hydroxylation sites is 2. The van der Waals surface area contributed by atoms with Crippen LogP contribution in [0.25, 0.3) is 0 Å². The number of nitrogens with zero attached hydrogens (tertiary/aromatic N) is 1. The molecule has 24 heavy (non-hydrogen) atoms. The molecule has 1 heterocycles. The number of nitrogens with one attached hydrogen (secondary N) is 1. The number of methoxy groups -OCH3 is 1. The molecule has 1 aliphatic rings. The summed E-state index contributed by atoms with van der Waals surface area (Å²) in [6.45, 7) is 2.35. The minimum Gasteiger partial charge on any atom is -0.495 e. The van der Waals surface area contributed by atoms with Crippen molar-refractivity contribution in [3.63, 3.8) is 0 Å². The third-order valence-electron chi connectivity index (χ3n) is 4.19. The molecule has 0 radical (unpaired) electrons. The topological polar surface area (TPSA) is 58.6 Å². The molecule has 1 atom stereocenters. The van der Waals surface area contributed by atoms with Gasteiger partial charge in [-0.1, -0.05) is 29.8 Å². The molecule has 124 valence electrons. The number of amides is 2. The molecule has 0 spiro atoms. The Hall–Kier alpha value is -2.82. The largest absolute Gasteiger partial charge is 0.495 e. The lowest BCUT2D eigenvalue weighted by atomic mass is 10.1. The number of hydrogen-bond acceptors (Lipinski definition) is 3. The van der Waals surface area contributed by atoms with Gasteiger partial charge in [0.2, 0.25) is 11.8 Å². The van der Waals surface area contributed by atoms with E-state index < -0.39 is 0 Å². The van der Waals surface area contributed by atoms with Crippen molar-refractivity contribution in [2.75, 3.05) is 23.9 Å². The van der Waals surface area contributed by atoms with Gasteiger partial charge in [-0.05, 0) is 31.2 Å². The van der Waals surface area contributed by atoms with E-state index in [1.807, 2.05) is 55.5 Å². The average molecular weight is 324 g/mol. The maximum atomic E-state index is 12.5. The Labute approximate surface area is 141 Å². The van der Waals surface area contributed by atoms with Gasteiger partial charge in [-0.2, -0.15) is 0 Å². The first kappa shape index (κ1) is 16.1. The Kier molecular flexibility index (Phi) is 4.51. The highest BCUT2D eigenvalue weighted by Gasteiger charge is 2.36. The second-order valence-corrected chi connectivity index (χ2v) is 5.93. The van der Waals surface area contributed by atoms with Crippen LogP contribution in [0.1, 0.15) is 12.0 Å². The smallest absolute Gasteiger partial charge is 0.229 e. The van der Waals surface area contributed by atoms with Gasteiger partial charge in [-0.15, -0.1) is 0 Å². The molecular weight excluding hydrogens is 304 g/mol. The molecule has 1 fully saturated rings. The minimum atomic E-state index is -0.372. The lowest BCUT2D eigenvalue weighted by Crippen LogP contribution is -2.28. The van der Waals surface area contributed by atoms with Crippen LogP contribution < -0.4 is 15.0 Å². The van der Waals surface area contributed by atoms with Crippen LogP contribution in [0.15, 0.2) is 48.5 Å². The molecule has 1 aliphatic heterocycles. The number of carbonyl (C=O) groups is 2. The number of rotatable bonds is 4. The van der Waals surface area contributed by atoms with E-state index >= 15 is 0 Å². The number of anilines is 2. The summed E-state index contributed by atoms with van der Waals surface area (Å²) in [5.41, 5.74) is 2.58. The molecule has 1 N–H and O–H groups in total. The van der Waals surface area contributed by atoms with Gasteiger partial charge in [0, 0.05) is 18.7 Å². The summed E-state index contributed by atoms with van der Waals surface area (Å²) >= 11 is 0. The van der Waals surface area contributed by atoms with Crippen molar-refractivity contribution in [1.82, 2.24) is 0 Å². The summed E-state index contributed by atoms with van der Waals surface area (Å²) < 4.78 is 5.31. The molecule has 0 bridgehead atoms. The third-order valence-corrected chi connectivity index (χ3v) is 4.19. The van der Waals surface area contributed by atoms with Gasteiger partial charge in [-0.25, -0.2) is 0 Å². The molecule has 5 nitrogen and oxygen atoms in total. The van der Waals surface area contributed by atoms with E-state index in [1.54, 1.807) is 12.0 Å². The van der Waals surface area contributed by atoms with Crippen LogP contribution in [-0.4, -0.2) is 25.5 Å². The van der Waals surface area contributed by atoms with E-state index in [0.717, 1.165) is 11.3 Å². The molecule has 5 heteroatoms. The van der Waals surface area contributed by atoms with Gasteiger partial charge in [0.25, 0.3) is 0 Å². The molecule has 0 aromatic heterocycles. The fourth-order valence-electron chi connectivity index (χ4n) is 2.85. The second kappa shape index (κ2) is 6.74. The Balaban J connectivity index is 1.72. The molecule has 1 saturated heterocycles. The molecule has 0 saturated carbocycles. The summed E-state index contributed by atoms with van der Waals surface area (Å²) in [5, 5.41) is 2.88. The van der Waals surface area contributed by atoms with Crippen LogP contribution in [-0.2, 0) is 9.59 Å². The van der Waals surface area contributed by atoms with Gasteiger partial charge in [0.15, 0.2) is 0 Å². The zero-order valence-electron chi connectivity index (χ0n) is 13.8. The number of hydrogen-bond donors (Lipinski definition) is 1. The van der Waals surface area contributed by atoms with E-state index in [1.165, 1.54) is 0 Å². The summed E-state index contributed by atoms with van der Waals surface area (Å²) in [5.74, 6) is 0.0577. The van der Waals surface area contributed by atoms with Gasteiger partial charge in [0.1, 0.15) is 5.75 Å². The molecular formula is C19H20N2O3. The van der Waals surface area contributed by atoms with Crippen molar-refractivity contribution in [3.05, 3.63) is 54.1 Å². The van der Waals surface area contributed by atoms with E-state index in [0.29, 0.717) is 18.0 Å². The van der Waals surface area contributed by atoms with Crippen molar-refractivity contribution in [2.45, 2.75) is 13.3 Å². The molecule has 2 aromatic rings. The van der Waals surface area contributed by atoms with E-state index in [9.17, 15) is 9.59 Å². The van der Waals surface area contributed by atoms with Crippen molar-refractivity contribution in [1.29, 1.82) is 0 Å². The third kappa shape index (κ3) is 3.25. The second-order valence-electron chi connectivity index (χ2n) is 5.93. The fourth-order valence-corrected chi connectivity index (χ4v) is 2.85. The highest BCUT2D eigenvalue weighted by atomic mass is 16.5. The van der Waals surface area contributed by atoms with Gasteiger partial charge < -0.3 is 15.0 Å². The quantitative estimate of drug-likeness (QED) is 0.940. The Morgan fingerprint density at radius 2 is 1.88 bits per heavy atom. The molecule has 0 unspecified atom stereocenters. The molecule has 0 aliphatic carbocycles. The summed E-state index contributed by atoms with van der Waals surface area (Å²) in [4.78, 5) is 26.4. The first-order chi connectivity index (χ1) is 11.6. The van der Waals surface area contributed by atoms with Crippen molar-refractivity contribution in [3.8, 4) is 5.75 Å². The average Bonchev–Trinajstić information content (AvgIpc) is 2.98. The van der Waals surface area contributed by atoms with Crippen LogP contribution in [0, 0.1) is 12.8 Å².